The smallest absolute Gasteiger partial charge is 0.245 e. The van der Waals surface area contributed by atoms with Crippen LogP contribution in [0.2, 0.25) is 0 Å². The molecule has 0 saturated carbocycles. The first-order valence-electron chi connectivity index (χ1n) is 29.9. The van der Waals surface area contributed by atoms with Gasteiger partial charge < -0.3 is 98.6 Å². The normalized spacial score (nSPS) is 21.4. The minimum Gasteiger partial charge on any atom is -0.370 e. The van der Waals surface area contributed by atoms with Gasteiger partial charge in [0.15, 0.2) is 17.9 Å². The second-order valence-corrected chi connectivity index (χ2v) is 24.3. The molecule has 2 aliphatic heterocycles. The Balaban J connectivity index is 1.73. The van der Waals surface area contributed by atoms with Gasteiger partial charge in [-0.25, -0.2) is 0 Å². The lowest BCUT2D eigenvalue weighted by atomic mass is 9.96. The number of amides is 11. The molecule has 2 heterocycles. The van der Waals surface area contributed by atoms with Crippen molar-refractivity contribution in [2.24, 2.45) is 66.8 Å². The third-order valence-electron chi connectivity index (χ3n) is 14.6. The first-order chi connectivity index (χ1) is 43.4. The molecular formula is C57H89N21O11S2. The Morgan fingerprint density at radius 1 is 0.604 bits per heavy atom. The van der Waals surface area contributed by atoms with E-state index in [1.54, 1.807) is 68.4 Å². The van der Waals surface area contributed by atoms with Crippen LogP contribution < -0.4 is 93.7 Å². The van der Waals surface area contributed by atoms with E-state index < -0.39 is 138 Å². The molecule has 2 aromatic carbocycles. The van der Waals surface area contributed by atoms with Gasteiger partial charge in [0.2, 0.25) is 65.0 Å². The highest BCUT2D eigenvalue weighted by Crippen LogP contribution is 2.25. The van der Waals surface area contributed by atoms with Gasteiger partial charge in [-0.05, 0) is 74.8 Å². The average molecular weight is 1310 g/mol. The lowest BCUT2D eigenvalue weighted by Gasteiger charge is -2.32. The highest BCUT2D eigenvalue weighted by atomic mass is 33.1. The fraction of sp³-hybridized carbons (Fsp3) is 0.544. The molecule has 91 heavy (non-hydrogen) atoms. The number of guanidine groups is 3. The minimum absolute atomic E-state index is 0.00941. The molecule has 2 aliphatic rings. The van der Waals surface area contributed by atoms with E-state index in [-0.39, 0.29) is 113 Å². The van der Waals surface area contributed by atoms with E-state index in [1.165, 1.54) is 4.90 Å². The Kier molecular flexibility index (Phi) is 32.2. The van der Waals surface area contributed by atoms with Crippen molar-refractivity contribution in [1.29, 1.82) is 0 Å². The Bertz CT molecular complexity index is 2880. The first kappa shape index (κ1) is 74.5. The zero-order valence-corrected chi connectivity index (χ0v) is 52.8. The topological polar surface area (TPSA) is 545 Å². The van der Waals surface area contributed by atoms with Crippen LogP contribution in [0.5, 0.6) is 0 Å². The van der Waals surface area contributed by atoms with Crippen molar-refractivity contribution in [3.05, 3.63) is 71.8 Å². The maximum Gasteiger partial charge on any atom is 0.245 e. The fourth-order valence-electron chi connectivity index (χ4n) is 9.53. The molecule has 2 aromatic rings. The quantitative estimate of drug-likeness (QED) is 0.0172. The van der Waals surface area contributed by atoms with Gasteiger partial charge in [0, 0.05) is 44.1 Å². The van der Waals surface area contributed by atoms with E-state index in [0.29, 0.717) is 18.4 Å². The zero-order chi connectivity index (χ0) is 67.0. The first-order valence-corrected chi connectivity index (χ1v) is 32.4. The van der Waals surface area contributed by atoms with Crippen LogP contribution in [0, 0.1) is 5.92 Å². The molecule has 11 amide bonds. The highest BCUT2D eigenvalue weighted by molar-refractivity contribution is 8.76. The average Bonchev–Trinajstić information content (AvgIpc) is 3.94. The number of carbonyl (C=O) groups is 11. The van der Waals surface area contributed by atoms with Gasteiger partial charge in [-0.3, -0.25) is 67.7 Å². The summed E-state index contributed by atoms with van der Waals surface area (Å²) in [6, 6.07) is 5.63. The van der Waals surface area contributed by atoms with Crippen molar-refractivity contribution in [2.75, 3.05) is 50.8 Å². The summed E-state index contributed by atoms with van der Waals surface area (Å²) in [7, 11) is 1.94. The van der Waals surface area contributed by atoms with Crippen molar-refractivity contribution >= 4 is 104 Å². The lowest BCUT2D eigenvalue weighted by molar-refractivity contribution is -0.142. The van der Waals surface area contributed by atoms with Gasteiger partial charge in [0.05, 0.1) is 19.1 Å². The zero-order valence-electron chi connectivity index (χ0n) is 51.2. The molecule has 0 radical (unpaired) electrons. The lowest BCUT2D eigenvalue weighted by Crippen LogP contribution is -2.61. The predicted molar refractivity (Wildman–Crippen MR) is 346 cm³/mol. The number of nitrogens with zero attached hydrogens (tertiary/aromatic N) is 4. The summed E-state index contributed by atoms with van der Waals surface area (Å²) in [6.45, 7) is 2.46. The molecule has 0 bridgehead atoms. The Morgan fingerprint density at radius 3 is 1.66 bits per heavy atom. The number of benzene rings is 2. The Hall–Kier alpha value is -8.92. The summed E-state index contributed by atoms with van der Waals surface area (Å²) < 4.78 is 0. The molecule has 25 N–H and O–H groups in total. The standard InChI is InChI=1S/C57H89N21O11S2/c1-3-32(2)45-53(88)74-38(20-12-24-68-57(64)65)54(89)78-25-13-21-42(78)52(87)75-40(46(59)81)30-90-91-31-41(51(86)73-36(18-10-22-66-55(60)61)48(83)72-37(49(84)77-45)19-11-23-67-56(62)63)76-50(85)39(27-34-16-8-5-9-17-34)71-44(80)29-69-43(79)28-70-47(82)35(58)26-33-14-6-4-7-15-33/h4-9,14-17,32,35-42,45H,3,10-13,18-31,58H2,1-2H3,(H2,59,81)(H,69,79)(H,70,82)(H,71,80)(H,72,83)(H,73,86)(H,74,88)(H,75,87)(H,76,85)(H,77,84)(H4,60,61,66)(H4,62,63,67)(H4,64,65,68)/t32-,35-,36-,37-,38-,39-,40-,41-,42-,45-/m0/s1. The summed E-state index contributed by atoms with van der Waals surface area (Å²) >= 11 is 0. The van der Waals surface area contributed by atoms with Crippen LogP contribution in [-0.2, 0) is 65.6 Å². The van der Waals surface area contributed by atoms with Crippen LogP contribution >= 0.6 is 21.6 Å². The van der Waals surface area contributed by atoms with Gasteiger partial charge in [0.1, 0.15) is 48.3 Å². The maximum absolute atomic E-state index is 14.8. The van der Waals surface area contributed by atoms with Crippen molar-refractivity contribution in [1.82, 2.24) is 52.8 Å². The van der Waals surface area contributed by atoms with Gasteiger partial charge >= 0.3 is 0 Å². The molecule has 2 saturated heterocycles. The maximum atomic E-state index is 14.8. The number of rotatable bonds is 27. The third-order valence-corrected chi connectivity index (χ3v) is 17.1. The van der Waals surface area contributed by atoms with E-state index in [1.807, 2.05) is 6.07 Å². The molecule has 0 aromatic heterocycles. The highest BCUT2D eigenvalue weighted by Gasteiger charge is 2.41. The van der Waals surface area contributed by atoms with Gasteiger partial charge in [-0.2, -0.15) is 0 Å². The monoisotopic (exact) mass is 1310 g/mol. The molecule has 34 heteroatoms. The number of hydrogen-bond acceptors (Lipinski definition) is 17. The van der Waals surface area contributed by atoms with Crippen LogP contribution in [0.15, 0.2) is 75.6 Å². The number of nitrogens with two attached hydrogens (primary N) is 8. The molecule has 0 aliphatic carbocycles. The third kappa shape index (κ3) is 27.0. The summed E-state index contributed by atoms with van der Waals surface area (Å²) in [5, 5.41) is 23.8. The summed E-state index contributed by atoms with van der Waals surface area (Å²) in [5.41, 5.74) is 46.8. The molecule has 10 atom stereocenters. The van der Waals surface area contributed by atoms with E-state index in [9.17, 15) is 52.7 Å². The Morgan fingerprint density at radius 2 is 1.11 bits per heavy atom. The number of hydrogen-bond donors (Lipinski definition) is 17. The van der Waals surface area contributed by atoms with Crippen LogP contribution in [-0.4, -0.2) is 193 Å². The predicted octanol–water partition coefficient (Wildman–Crippen LogP) is -5.50. The molecule has 4 rings (SSSR count). The molecule has 32 nitrogen and oxygen atoms in total. The van der Waals surface area contributed by atoms with Gasteiger partial charge in [-0.15, -0.1) is 0 Å². The number of primary amides is 1. The second-order valence-electron chi connectivity index (χ2n) is 21.8. The molecule has 500 valence electrons. The molecule has 0 spiro atoms. The van der Waals surface area contributed by atoms with Crippen LogP contribution in [0.25, 0.3) is 0 Å². The summed E-state index contributed by atoms with van der Waals surface area (Å²) in [5.74, 6) is -10.6. The fourth-order valence-corrected chi connectivity index (χ4v) is 11.9. The number of carbonyl (C=O) groups excluding carboxylic acids is 11. The van der Waals surface area contributed by atoms with Crippen LogP contribution in [0.1, 0.15) is 82.8 Å². The van der Waals surface area contributed by atoms with Crippen LogP contribution in [0.4, 0.5) is 0 Å². The van der Waals surface area contributed by atoms with E-state index in [2.05, 4.69) is 62.8 Å². The second kappa shape index (κ2) is 39.3. The number of nitrogens with one attached hydrogen (secondary N) is 9. The molecular weight excluding hydrogens is 1220 g/mol. The van der Waals surface area contributed by atoms with Crippen molar-refractivity contribution in [2.45, 2.75) is 139 Å². The van der Waals surface area contributed by atoms with Crippen molar-refractivity contribution in [3.8, 4) is 0 Å². The minimum atomic E-state index is -1.55. The molecule has 0 unspecified atom stereocenters. The van der Waals surface area contributed by atoms with E-state index in [4.69, 9.17) is 45.9 Å². The van der Waals surface area contributed by atoms with Crippen molar-refractivity contribution < 1.29 is 52.7 Å². The Labute approximate surface area is 535 Å². The largest absolute Gasteiger partial charge is 0.370 e. The molecule has 2 fully saturated rings. The number of fused-ring (bicyclic) bond motifs is 1. The summed E-state index contributed by atoms with van der Waals surface area (Å²) in [6.07, 6.45) is 1.07. The summed E-state index contributed by atoms with van der Waals surface area (Å²) in [4.78, 5) is 168. The van der Waals surface area contributed by atoms with Gasteiger partial charge in [-0.1, -0.05) is 103 Å². The number of aliphatic imine (C=N–C) groups is 3. The SMILES string of the molecule is CC[C@H](C)[C@@H]1NC(=O)[C@H](CCCN=C(N)N)NC(=O)[C@H](CCCN=C(N)N)NC(=O)[C@@H](NC(=O)[C@H](Cc2ccccc2)NC(=O)CNC(=O)CNC(=O)[C@@H](N)Cc2ccccc2)CSSC[C@@H](C(N)=O)NC(=O)[C@@H]2CCCN2C(=O)[C@H](CCCN=C(N)N)NC1=O. The van der Waals surface area contributed by atoms with Gasteiger partial charge in [0.25, 0.3) is 0 Å². The van der Waals surface area contributed by atoms with E-state index >= 15 is 0 Å². The van der Waals surface area contributed by atoms with Crippen molar-refractivity contribution in [3.63, 3.8) is 0 Å². The van der Waals surface area contributed by atoms with Crippen LogP contribution in [0.3, 0.4) is 0 Å². The van der Waals surface area contributed by atoms with E-state index in [0.717, 1.165) is 27.2 Å².